The highest BCUT2D eigenvalue weighted by Crippen LogP contribution is 2.24. The Balaban J connectivity index is 2.20. The molecule has 1 aromatic rings. The summed E-state index contributed by atoms with van der Waals surface area (Å²) in [7, 11) is 3.06. The zero-order valence-electron chi connectivity index (χ0n) is 9.89. The van der Waals surface area contributed by atoms with Gasteiger partial charge in [-0.05, 0) is 12.3 Å². The second-order valence-corrected chi connectivity index (χ2v) is 4.51. The minimum atomic E-state index is 0.286. The van der Waals surface area contributed by atoms with Gasteiger partial charge in [-0.25, -0.2) is 0 Å². The topological polar surface area (TPSA) is 60.4 Å². The van der Waals surface area contributed by atoms with Gasteiger partial charge in [0.2, 0.25) is 5.95 Å². The summed E-state index contributed by atoms with van der Waals surface area (Å²) in [5.41, 5.74) is 0. The Kier molecular flexibility index (Phi) is 3.98. The van der Waals surface area contributed by atoms with Gasteiger partial charge in [-0.15, -0.1) is 4.98 Å². The third kappa shape index (κ3) is 2.77. The molecule has 0 spiro atoms. The molecular formula is C10H15BrN4O2. The highest BCUT2D eigenvalue weighted by atomic mass is 79.9. The second kappa shape index (κ2) is 5.48. The molecule has 1 aliphatic rings. The van der Waals surface area contributed by atoms with Gasteiger partial charge < -0.3 is 14.4 Å². The molecule has 1 atom stereocenters. The molecular weight excluding hydrogens is 288 g/mol. The molecule has 0 bridgehead atoms. The minimum Gasteiger partial charge on any atom is -0.467 e. The van der Waals surface area contributed by atoms with E-state index in [1.165, 1.54) is 14.2 Å². The standard InChI is InChI=1S/C10H15BrN4O2/c1-16-9-12-8(13-10(14-9)17-2)15-4-3-7(5-11)6-15/h7H,3-6H2,1-2H3. The van der Waals surface area contributed by atoms with Crippen LogP contribution in [0.15, 0.2) is 0 Å². The van der Waals surface area contributed by atoms with E-state index < -0.39 is 0 Å². The van der Waals surface area contributed by atoms with Gasteiger partial charge in [0, 0.05) is 18.4 Å². The summed E-state index contributed by atoms with van der Waals surface area (Å²) in [6.45, 7) is 1.90. The summed E-state index contributed by atoms with van der Waals surface area (Å²) in [6, 6.07) is 0.572. The van der Waals surface area contributed by atoms with Crippen molar-refractivity contribution in [3.8, 4) is 12.0 Å². The largest absolute Gasteiger partial charge is 0.467 e. The number of anilines is 1. The normalized spacial score (nSPS) is 19.5. The summed E-state index contributed by atoms with van der Waals surface area (Å²) < 4.78 is 10.1. The molecule has 1 unspecified atom stereocenters. The van der Waals surface area contributed by atoms with Gasteiger partial charge >= 0.3 is 12.0 Å². The van der Waals surface area contributed by atoms with Crippen molar-refractivity contribution in [3.63, 3.8) is 0 Å². The first kappa shape index (κ1) is 12.3. The molecule has 1 aliphatic heterocycles. The van der Waals surface area contributed by atoms with Crippen LogP contribution in [0.1, 0.15) is 6.42 Å². The maximum absolute atomic E-state index is 5.03. The Hall–Kier alpha value is -1.11. The minimum absolute atomic E-state index is 0.286. The van der Waals surface area contributed by atoms with E-state index in [-0.39, 0.29) is 12.0 Å². The average molecular weight is 303 g/mol. The Labute approximate surface area is 108 Å². The highest BCUT2D eigenvalue weighted by molar-refractivity contribution is 9.09. The van der Waals surface area contributed by atoms with Crippen molar-refractivity contribution < 1.29 is 9.47 Å². The molecule has 0 aliphatic carbocycles. The van der Waals surface area contributed by atoms with E-state index in [0.29, 0.717) is 11.9 Å². The smallest absolute Gasteiger partial charge is 0.324 e. The van der Waals surface area contributed by atoms with Crippen LogP contribution >= 0.6 is 15.9 Å². The first-order valence-electron chi connectivity index (χ1n) is 5.41. The molecule has 17 heavy (non-hydrogen) atoms. The van der Waals surface area contributed by atoms with Gasteiger partial charge in [-0.3, -0.25) is 0 Å². The Morgan fingerprint density at radius 1 is 1.24 bits per heavy atom. The second-order valence-electron chi connectivity index (χ2n) is 3.86. The van der Waals surface area contributed by atoms with Crippen molar-refractivity contribution in [2.75, 3.05) is 37.5 Å². The van der Waals surface area contributed by atoms with E-state index in [1.54, 1.807) is 0 Å². The first-order chi connectivity index (χ1) is 8.26. The van der Waals surface area contributed by atoms with Gasteiger partial charge in [0.05, 0.1) is 14.2 Å². The van der Waals surface area contributed by atoms with E-state index in [2.05, 4.69) is 35.8 Å². The van der Waals surface area contributed by atoms with Gasteiger partial charge in [0.15, 0.2) is 0 Å². The van der Waals surface area contributed by atoms with Gasteiger partial charge in [-0.2, -0.15) is 9.97 Å². The molecule has 0 aromatic carbocycles. The lowest BCUT2D eigenvalue weighted by Crippen LogP contribution is -2.23. The molecule has 1 aromatic heterocycles. The maximum Gasteiger partial charge on any atom is 0.324 e. The number of aromatic nitrogens is 3. The van der Waals surface area contributed by atoms with Crippen molar-refractivity contribution in [2.45, 2.75) is 6.42 Å². The molecule has 94 valence electrons. The van der Waals surface area contributed by atoms with Crippen LogP contribution in [0.2, 0.25) is 0 Å². The summed E-state index contributed by atoms with van der Waals surface area (Å²) in [5.74, 6) is 1.26. The van der Waals surface area contributed by atoms with E-state index >= 15 is 0 Å². The predicted octanol–water partition coefficient (Wildman–Crippen LogP) is 1.11. The number of methoxy groups -OCH3 is 2. The number of hydrogen-bond donors (Lipinski definition) is 0. The van der Waals surface area contributed by atoms with E-state index in [9.17, 15) is 0 Å². The zero-order chi connectivity index (χ0) is 12.3. The van der Waals surface area contributed by atoms with E-state index in [4.69, 9.17) is 9.47 Å². The van der Waals surface area contributed by atoms with Crippen LogP contribution in [-0.2, 0) is 0 Å². The lowest BCUT2D eigenvalue weighted by molar-refractivity contribution is 0.340. The number of rotatable bonds is 4. The van der Waals surface area contributed by atoms with Crippen LogP contribution in [0.4, 0.5) is 5.95 Å². The lowest BCUT2D eigenvalue weighted by atomic mass is 10.2. The van der Waals surface area contributed by atoms with Gasteiger partial charge in [0.25, 0.3) is 0 Å². The molecule has 2 rings (SSSR count). The summed E-state index contributed by atoms with van der Waals surface area (Å²) >= 11 is 3.50. The highest BCUT2D eigenvalue weighted by Gasteiger charge is 2.24. The van der Waals surface area contributed by atoms with Gasteiger partial charge in [0.1, 0.15) is 0 Å². The fourth-order valence-electron chi connectivity index (χ4n) is 1.79. The van der Waals surface area contributed by atoms with Crippen LogP contribution in [0.25, 0.3) is 0 Å². The van der Waals surface area contributed by atoms with Crippen molar-refractivity contribution in [2.24, 2.45) is 5.92 Å². The van der Waals surface area contributed by atoms with Crippen LogP contribution < -0.4 is 14.4 Å². The maximum atomic E-state index is 5.03. The van der Waals surface area contributed by atoms with Crippen LogP contribution in [0.3, 0.4) is 0 Å². The molecule has 2 heterocycles. The molecule has 6 nitrogen and oxygen atoms in total. The monoisotopic (exact) mass is 302 g/mol. The molecule has 0 radical (unpaired) electrons. The average Bonchev–Trinajstić information content (AvgIpc) is 2.86. The first-order valence-corrected chi connectivity index (χ1v) is 6.54. The summed E-state index contributed by atoms with van der Waals surface area (Å²) in [6.07, 6.45) is 1.14. The van der Waals surface area contributed by atoms with Crippen molar-refractivity contribution >= 4 is 21.9 Å². The molecule has 1 fully saturated rings. The Morgan fingerprint density at radius 3 is 2.35 bits per heavy atom. The molecule has 0 N–H and O–H groups in total. The zero-order valence-corrected chi connectivity index (χ0v) is 11.5. The summed E-state index contributed by atoms with van der Waals surface area (Å²) in [4.78, 5) is 14.6. The number of halogens is 1. The molecule has 1 saturated heterocycles. The number of nitrogens with zero attached hydrogens (tertiary/aromatic N) is 4. The fraction of sp³-hybridized carbons (Fsp3) is 0.700. The predicted molar refractivity (Wildman–Crippen MR) is 67.0 cm³/mol. The Morgan fingerprint density at radius 2 is 1.88 bits per heavy atom. The lowest BCUT2D eigenvalue weighted by Gasteiger charge is -2.16. The van der Waals surface area contributed by atoms with Crippen LogP contribution in [-0.4, -0.2) is 47.6 Å². The van der Waals surface area contributed by atoms with E-state index in [0.717, 1.165) is 24.8 Å². The third-order valence-corrected chi connectivity index (χ3v) is 3.65. The SMILES string of the molecule is COc1nc(OC)nc(N2CCC(CBr)C2)n1. The number of alkyl halides is 1. The fourth-order valence-corrected chi connectivity index (χ4v) is 2.32. The molecule has 0 saturated carbocycles. The third-order valence-electron chi connectivity index (χ3n) is 2.73. The molecule has 7 heteroatoms. The summed E-state index contributed by atoms with van der Waals surface area (Å²) in [5, 5.41) is 1.00. The van der Waals surface area contributed by atoms with Crippen molar-refractivity contribution in [1.82, 2.24) is 15.0 Å². The van der Waals surface area contributed by atoms with Crippen LogP contribution in [0.5, 0.6) is 12.0 Å². The Bertz CT molecular complexity index is 368. The number of hydrogen-bond acceptors (Lipinski definition) is 6. The van der Waals surface area contributed by atoms with Crippen molar-refractivity contribution in [3.05, 3.63) is 0 Å². The number of ether oxygens (including phenoxy) is 2. The van der Waals surface area contributed by atoms with Crippen LogP contribution in [0, 0.1) is 5.92 Å². The molecule has 0 amide bonds. The van der Waals surface area contributed by atoms with E-state index in [1.807, 2.05) is 0 Å². The quantitative estimate of drug-likeness (QED) is 0.777. The van der Waals surface area contributed by atoms with Crippen molar-refractivity contribution in [1.29, 1.82) is 0 Å². The van der Waals surface area contributed by atoms with Gasteiger partial charge in [-0.1, -0.05) is 15.9 Å².